The third kappa shape index (κ3) is 2.76. The molecule has 1 aliphatic rings. The van der Waals surface area contributed by atoms with Gasteiger partial charge in [-0.15, -0.1) is 0 Å². The van der Waals surface area contributed by atoms with Gasteiger partial charge in [0.2, 0.25) is 0 Å². The molecule has 1 aromatic carbocycles. The second kappa shape index (κ2) is 5.17. The molecular formula is C13H19ClN2. The molecular weight excluding hydrogens is 220 g/mol. The van der Waals surface area contributed by atoms with Crippen LogP contribution in [0.4, 0.5) is 0 Å². The fourth-order valence-corrected chi connectivity index (χ4v) is 2.39. The van der Waals surface area contributed by atoms with Crippen LogP contribution in [0.3, 0.4) is 0 Å². The third-order valence-corrected chi connectivity index (χ3v) is 3.61. The summed E-state index contributed by atoms with van der Waals surface area (Å²) in [4.78, 5) is 2.33. The van der Waals surface area contributed by atoms with Crippen LogP contribution in [0, 0.1) is 5.92 Å². The second-order valence-electron chi connectivity index (χ2n) is 4.66. The Balaban J connectivity index is 2.11. The van der Waals surface area contributed by atoms with Crippen LogP contribution in [0.1, 0.15) is 24.4 Å². The van der Waals surface area contributed by atoms with Crippen molar-refractivity contribution in [2.45, 2.75) is 18.9 Å². The first-order valence-electron chi connectivity index (χ1n) is 5.87. The molecule has 16 heavy (non-hydrogen) atoms. The van der Waals surface area contributed by atoms with Gasteiger partial charge in [-0.3, -0.25) is 4.90 Å². The number of nitrogens with zero attached hydrogens (tertiary/aromatic N) is 1. The quantitative estimate of drug-likeness (QED) is 0.855. The monoisotopic (exact) mass is 238 g/mol. The van der Waals surface area contributed by atoms with Crippen molar-refractivity contribution in [2.75, 3.05) is 20.1 Å². The lowest BCUT2D eigenvalue weighted by Crippen LogP contribution is -2.32. The maximum absolute atomic E-state index is 6.21. The molecule has 1 saturated carbocycles. The number of nitrogens with two attached hydrogens (primary N) is 1. The highest BCUT2D eigenvalue weighted by Crippen LogP contribution is 2.33. The smallest absolute Gasteiger partial charge is 0.0482 e. The van der Waals surface area contributed by atoms with Crippen molar-refractivity contribution < 1.29 is 0 Å². The summed E-state index contributed by atoms with van der Waals surface area (Å²) in [6.07, 6.45) is 2.73. The van der Waals surface area contributed by atoms with Crippen LogP contribution in [-0.2, 0) is 0 Å². The highest BCUT2D eigenvalue weighted by Gasteiger charge is 2.26. The molecule has 0 radical (unpaired) electrons. The van der Waals surface area contributed by atoms with Gasteiger partial charge in [0.25, 0.3) is 0 Å². The minimum Gasteiger partial charge on any atom is -0.329 e. The van der Waals surface area contributed by atoms with Crippen LogP contribution in [0.15, 0.2) is 24.3 Å². The molecule has 1 atom stereocenters. The van der Waals surface area contributed by atoms with Crippen molar-refractivity contribution in [3.05, 3.63) is 34.9 Å². The van der Waals surface area contributed by atoms with E-state index in [9.17, 15) is 0 Å². The van der Waals surface area contributed by atoms with E-state index in [2.05, 4.69) is 18.0 Å². The Kier molecular flexibility index (Phi) is 3.85. The number of hydrogen-bond donors (Lipinski definition) is 1. The number of likely N-dealkylation sites (N-methyl/N-ethyl adjacent to an activating group) is 1. The molecule has 3 heteroatoms. The summed E-state index contributed by atoms with van der Waals surface area (Å²) in [5, 5.41) is 0.820. The number of halogens is 1. The van der Waals surface area contributed by atoms with Gasteiger partial charge >= 0.3 is 0 Å². The molecule has 2 nitrogen and oxygen atoms in total. The predicted molar refractivity (Wildman–Crippen MR) is 68.6 cm³/mol. The molecule has 0 amide bonds. The van der Waals surface area contributed by atoms with Gasteiger partial charge in [0.05, 0.1) is 0 Å². The first kappa shape index (κ1) is 11.9. The molecule has 1 unspecified atom stereocenters. The SMILES string of the molecule is CN(CC1CC1)C(CN)c1ccccc1Cl. The molecule has 1 fully saturated rings. The molecule has 0 saturated heterocycles. The summed E-state index contributed by atoms with van der Waals surface area (Å²) in [5.41, 5.74) is 7.02. The van der Waals surface area contributed by atoms with Crippen molar-refractivity contribution in [1.82, 2.24) is 4.90 Å². The van der Waals surface area contributed by atoms with Crippen molar-refractivity contribution in [2.24, 2.45) is 11.7 Å². The molecule has 2 N–H and O–H groups in total. The summed E-state index contributed by atoms with van der Waals surface area (Å²) in [6, 6.07) is 8.23. The number of hydrogen-bond acceptors (Lipinski definition) is 2. The molecule has 88 valence electrons. The summed E-state index contributed by atoms with van der Waals surface area (Å²) >= 11 is 6.21. The van der Waals surface area contributed by atoms with E-state index in [4.69, 9.17) is 17.3 Å². The number of rotatable bonds is 5. The normalized spacial score (nSPS) is 17.8. The second-order valence-corrected chi connectivity index (χ2v) is 5.06. The van der Waals surface area contributed by atoms with Gasteiger partial charge in [0.15, 0.2) is 0 Å². The van der Waals surface area contributed by atoms with Gasteiger partial charge in [-0.1, -0.05) is 29.8 Å². The highest BCUT2D eigenvalue weighted by atomic mass is 35.5. The van der Waals surface area contributed by atoms with Gasteiger partial charge in [0.1, 0.15) is 0 Å². The largest absolute Gasteiger partial charge is 0.329 e. The molecule has 0 spiro atoms. The van der Waals surface area contributed by atoms with Crippen LogP contribution in [-0.4, -0.2) is 25.0 Å². The van der Waals surface area contributed by atoms with Gasteiger partial charge < -0.3 is 5.73 Å². The molecule has 0 heterocycles. The topological polar surface area (TPSA) is 29.3 Å². The molecule has 2 rings (SSSR count). The Bertz CT molecular complexity index is 350. The average molecular weight is 239 g/mol. The lowest BCUT2D eigenvalue weighted by Gasteiger charge is -2.28. The summed E-state index contributed by atoms with van der Waals surface area (Å²) in [5.74, 6) is 0.876. The Hall–Kier alpha value is -0.570. The van der Waals surface area contributed by atoms with Gasteiger partial charge in [-0.2, -0.15) is 0 Å². The van der Waals surface area contributed by atoms with E-state index in [0.717, 1.165) is 23.0 Å². The number of benzene rings is 1. The zero-order valence-corrected chi connectivity index (χ0v) is 10.5. The first-order valence-corrected chi connectivity index (χ1v) is 6.25. The van der Waals surface area contributed by atoms with E-state index in [-0.39, 0.29) is 6.04 Å². The van der Waals surface area contributed by atoms with Crippen LogP contribution < -0.4 is 5.73 Å². The molecule has 1 aliphatic carbocycles. The first-order chi connectivity index (χ1) is 7.72. The summed E-state index contributed by atoms with van der Waals surface area (Å²) in [6.45, 7) is 1.75. The minimum absolute atomic E-state index is 0.245. The lowest BCUT2D eigenvalue weighted by molar-refractivity contribution is 0.240. The van der Waals surface area contributed by atoms with Crippen molar-refractivity contribution in [3.63, 3.8) is 0 Å². The van der Waals surface area contributed by atoms with E-state index in [1.807, 2.05) is 18.2 Å². The van der Waals surface area contributed by atoms with Crippen molar-refractivity contribution in [1.29, 1.82) is 0 Å². The molecule has 0 aliphatic heterocycles. The van der Waals surface area contributed by atoms with E-state index < -0.39 is 0 Å². The Morgan fingerprint density at radius 1 is 1.44 bits per heavy atom. The minimum atomic E-state index is 0.245. The predicted octanol–water partition coefficient (Wildman–Crippen LogP) is 2.68. The van der Waals surface area contributed by atoms with Crippen LogP contribution >= 0.6 is 11.6 Å². The van der Waals surface area contributed by atoms with Gasteiger partial charge in [-0.05, 0) is 37.4 Å². The Morgan fingerprint density at radius 2 is 2.12 bits per heavy atom. The molecule has 0 bridgehead atoms. The Morgan fingerprint density at radius 3 is 2.69 bits per heavy atom. The standard InChI is InChI=1S/C13H19ClN2/c1-16(9-10-6-7-10)13(8-15)11-4-2-3-5-12(11)14/h2-5,10,13H,6-9,15H2,1H3. The van der Waals surface area contributed by atoms with Crippen molar-refractivity contribution in [3.8, 4) is 0 Å². The molecule has 0 aromatic heterocycles. The van der Waals surface area contributed by atoms with Gasteiger partial charge in [-0.25, -0.2) is 0 Å². The zero-order valence-electron chi connectivity index (χ0n) is 9.70. The average Bonchev–Trinajstić information content (AvgIpc) is 3.06. The van der Waals surface area contributed by atoms with E-state index in [0.29, 0.717) is 6.54 Å². The van der Waals surface area contributed by atoms with Crippen LogP contribution in [0.2, 0.25) is 5.02 Å². The fraction of sp³-hybridized carbons (Fsp3) is 0.538. The third-order valence-electron chi connectivity index (χ3n) is 3.26. The summed E-state index contributed by atoms with van der Waals surface area (Å²) < 4.78 is 0. The van der Waals surface area contributed by atoms with Crippen molar-refractivity contribution >= 4 is 11.6 Å². The van der Waals surface area contributed by atoms with E-state index >= 15 is 0 Å². The Labute approximate surface area is 102 Å². The maximum Gasteiger partial charge on any atom is 0.0482 e. The van der Waals surface area contributed by atoms with Crippen LogP contribution in [0.5, 0.6) is 0 Å². The van der Waals surface area contributed by atoms with E-state index in [1.165, 1.54) is 12.8 Å². The van der Waals surface area contributed by atoms with Gasteiger partial charge in [0, 0.05) is 24.2 Å². The van der Waals surface area contributed by atoms with Crippen LogP contribution in [0.25, 0.3) is 0 Å². The van der Waals surface area contributed by atoms with E-state index in [1.54, 1.807) is 0 Å². The maximum atomic E-state index is 6.21. The lowest BCUT2D eigenvalue weighted by atomic mass is 10.1. The fourth-order valence-electron chi connectivity index (χ4n) is 2.12. The zero-order chi connectivity index (χ0) is 11.5. The highest BCUT2D eigenvalue weighted by molar-refractivity contribution is 6.31. The summed E-state index contributed by atoms with van der Waals surface area (Å²) in [7, 11) is 2.14. The molecule has 1 aromatic rings.